The van der Waals surface area contributed by atoms with E-state index in [4.69, 9.17) is 9.47 Å². The monoisotopic (exact) mass is 344 g/mol. The molecule has 124 valence electrons. The van der Waals surface area contributed by atoms with E-state index in [1.54, 1.807) is 12.1 Å². The second kappa shape index (κ2) is 5.45. The van der Waals surface area contributed by atoms with Crippen molar-refractivity contribution in [2.45, 2.75) is 4.90 Å². The van der Waals surface area contributed by atoms with Crippen LogP contribution < -0.4 is 14.2 Å². The fourth-order valence-corrected chi connectivity index (χ4v) is 3.81. The van der Waals surface area contributed by atoms with E-state index < -0.39 is 10.0 Å². The summed E-state index contributed by atoms with van der Waals surface area (Å²) in [4.78, 5) is 0.139. The molecule has 4 rings (SSSR count). The summed E-state index contributed by atoms with van der Waals surface area (Å²) in [6.07, 6.45) is 1.93. The number of nitrogens with zero attached hydrogens (tertiary/aromatic N) is 1. The zero-order valence-electron chi connectivity index (χ0n) is 13.0. The number of anilines is 1. The highest BCUT2D eigenvalue weighted by atomic mass is 32.2. The van der Waals surface area contributed by atoms with E-state index in [9.17, 15) is 8.42 Å². The summed E-state index contributed by atoms with van der Waals surface area (Å²) in [6, 6.07) is 12.0. The molecule has 0 radical (unpaired) electrons. The quantitative estimate of drug-likeness (QED) is 0.793. The largest absolute Gasteiger partial charge is 0.486 e. The van der Waals surface area contributed by atoms with Gasteiger partial charge in [-0.25, -0.2) is 8.42 Å². The van der Waals surface area contributed by atoms with Gasteiger partial charge in [-0.2, -0.15) is 0 Å². The first-order chi connectivity index (χ1) is 11.5. The Kier molecular flexibility index (Phi) is 3.38. The van der Waals surface area contributed by atoms with Gasteiger partial charge in [-0.05, 0) is 36.4 Å². The van der Waals surface area contributed by atoms with Gasteiger partial charge in [0.2, 0.25) is 0 Å². The molecule has 0 saturated carbocycles. The topological polar surface area (TPSA) is 69.6 Å². The highest BCUT2D eigenvalue weighted by Crippen LogP contribution is 2.33. The van der Waals surface area contributed by atoms with E-state index in [0.717, 1.165) is 10.9 Å². The fourth-order valence-electron chi connectivity index (χ4n) is 2.75. The predicted molar refractivity (Wildman–Crippen MR) is 91.2 cm³/mol. The number of hydrogen-bond acceptors (Lipinski definition) is 4. The van der Waals surface area contributed by atoms with E-state index in [2.05, 4.69) is 4.72 Å². The van der Waals surface area contributed by atoms with Crippen LogP contribution in [0.3, 0.4) is 0 Å². The predicted octanol–water partition coefficient (Wildman–Crippen LogP) is 2.75. The molecule has 2 heterocycles. The number of hydrogen-bond donors (Lipinski definition) is 1. The number of aromatic nitrogens is 1. The van der Waals surface area contributed by atoms with Crippen molar-refractivity contribution < 1.29 is 17.9 Å². The molecule has 2 aromatic carbocycles. The number of benzene rings is 2. The number of rotatable bonds is 3. The van der Waals surface area contributed by atoms with Crippen LogP contribution in [0.1, 0.15) is 0 Å². The van der Waals surface area contributed by atoms with Gasteiger partial charge in [-0.3, -0.25) is 4.72 Å². The zero-order chi connectivity index (χ0) is 16.7. The Morgan fingerprint density at radius 1 is 1.00 bits per heavy atom. The summed E-state index contributed by atoms with van der Waals surface area (Å²) in [5.74, 6) is 1.01. The first-order valence-corrected chi connectivity index (χ1v) is 8.99. The van der Waals surface area contributed by atoms with Gasteiger partial charge in [0.15, 0.2) is 11.5 Å². The molecule has 0 saturated heterocycles. The maximum Gasteiger partial charge on any atom is 0.262 e. The van der Waals surface area contributed by atoms with Crippen LogP contribution in [-0.4, -0.2) is 26.2 Å². The molecule has 24 heavy (non-hydrogen) atoms. The van der Waals surface area contributed by atoms with E-state index in [0.29, 0.717) is 30.4 Å². The van der Waals surface area contributed by atoms with Gasteiger partial charge in [0.1, 0.15) is 13.2 Å². The van der Waals surface area contributed by atoms with Crippen molar-refractivity contribution in [1.82, 2.24) is 4.57 Å². The molecule has 0 fully saturated rings. The van der Waals surface area contributed by atoms with E-state index in [1.165, 1.54) is 12.1 Å². The summed E-state index contributed by atoms with van der Waals surface area (Å²) in [6.45, 7) is 0.878. The summed E-state index contributed by atoms with van der Waals surface area (Å²) >= 11 is 0. The lowest BCUT2D eigenvalue weighted by Crippen LogP contribution is -2.17. The van der Waals surface area contributed by atoms with Crippen LogP contribution in [0.2, 0.25) is 0 Å². The molecule has 1 aliphatic rings. The second-order valence-electron chi connectivity index (χ2n) is 5.61. The minimum Gasteiger partial charge on any atom is -0.486 e. The minimum absolute atomic E-state index is 0.139. The van der Waals surface area contributed by atoms with Gasteiger partial charge in [0, 0.05) is 35.9 Å². The number of sulfonamides is 1. The summed E-state index contributed by atoms with van der Waals surface area (Å²) in [5, 5.41) is 0.972. The van der Waals surface area contributed by atoms with Gasteiger partial charge < -0.3 is 14.0 Å². The fraction of sp³-hybridized carbons (Fsp3) is 0.176. The molecular weight excluding hydrogens is 328 g/mol. The standard InChI is InChI=1S/C17H16N2O4S/c1-19-7-6-12-10-13(2-4-15(12)19)18-24(20,21)14-3-5-16-17(11-14)23-9-8-22-16/h2-7,10-11,18H,8-9H2,1H3. The Hall–Kier alpha value is -2.67. The molecule has 0 amide bonds. The third-order valence-electron chi connectivity index (χ3n) is 3.96. The molecule has 1 N–H and O–H groups in total. The smallest absolute Gasteiger partial charge is 0.262 e. The lowest BCUT2D eigenvalue weighted by Gasteiger charge is -2.19. The summed E-state index contributed by atoms with van der Waals surface area (Å²) in [5.41, 5.74) is 1.56. The third kappa shape index (κ3) is 2.56. The number of ether oxygens (including phenoxy) is 2. The molecule has 0 atom stereocenters. The molecule has 1 aromatic heterocycles. The number of fused-ring (bicyclic) bond motifs is 2. The van der Waals surface area contributed by atoms with Crippen LogP contribution >= 0.6 is 0 Å². The van der Waals surface area contributed by atoms with Gasteiger partial charge in [-0.1, -0.05) is 0 Å². The average Bonchev–Trinajstić information content (AvgIpc) is 2.94. The van der Waals surface area contributed by atoms with Gasteiger partial charge in [0.25, 0.3) is 10.0 Å². The van der Waals surface area contributed by atoms with Crippen molar-refractivity contribution in [3.8, 4) is 11.5 Å². The van der Waals surface area contributed by atoms with Crippen LogP contribution in [0, 0.1) is 0 Å². The lowest BCUT2D eigenvalue weighted by molar-refractivity contribution is 0.171. The van der Waals surface area contributed by atoms with Crippen molar-refractivity contribution in [2.24, 2.45) is 7.05 Å². The highest BCUT2D eigenvalue weighted by Gasteiger charge is 2.19. The van der Waals surface area contributed by atoms with Crippen LogP contribution in [0.5, 0.6) is 11.5 Å². The Balaban J connectivity index is 1.66. The van der Waals surface area contributed by atoms with Gasteiger partial charge >= 0.3 is 0 Å². The summed E-state index contributed by atoms with van der Waals surface area (Å²) in [7, 11) is -1.76. The van der Waals surface area contributed by atoms with Crippen molar-refractivity contribution in [1.29, 1.82) is 0 Å². The average molecular weight is 344 g/mol. The highest BCUT2D eigenvalue weighted by molar-refractivity contribution is 7.92. The van der Waals surface area contributed by atoms with Gasteiger partial charge in [-0.15, -0.1) is 0 Å². The number of nitrogens with one attached hydrogen (secondary N) is 1. The molecule has 7 heteroatoms. The van der Waals surface area contributed by atoms with Crippen molar-refractivity contribution in [3.05, 3.63) is 48.7 Å². The molecule has 3 aromatic rings. The SMILES string of the molecule is Cn1ccc2cc(NS(=O)(=O)c3ccc4c(c3)OCCO4)ccc21. The maximum atomic E-state index is 12.6. The Labute approximate surface area is 139 Å². The first kappa shape index (κ1) is 14.9. The van der Waals surface area contributed by atoms with Crippen LogP contribution in [0.4, 0.5) is 5.69 Å². The molecule has 0 spiro atoms. The molecule has 0 unspecified atom stereocenters. The number of aryl methyl sites for hydroxylation is 1. The third-order valence-corrected chi connectivity index (χ3v) is 5.34. The van der Waals surface area contributed by atoms with Crippen LogP contribution in [0.25, 0.3) is 10.9 Å². The van der Waals surface area contributed by atoms with Crippen molar-refractivity contribution in [2.75, 3.05) is 17.9 Å². The van der Waals surface area contributed by atoms with Crippen LogP contribution in [0.15, 0.2) is 53.6 Å². The molecule has 0 bridgehead atoms. The van der Waals surface area contributed by atoms with E-state index in [-0.39, 0.29) is 4.90 Å². The molecular formula is C17H16N2O4S. The van der Waals surface area contributed by atoms with Crippen molar-refractivity contribution in [3.63, 3.8) is 0 Å². The zero-order valence-corrected chi connectivity index (χ0v) is 13.8. The maximum absolute atomic E-state index is 12.6. The molecule has 1 aliphatic heterocycles. The Morgan fingerprint density at radius 2 is 1.79 bits per heavy atom. The first-order valence-electron chi connectivity index (χ1n) is 7.50. The lowest BCUT2D eigenvalue weighted by atomic mass is 10.2. The molecule has 6 nitrogen and oxygen atoms in total. The summed E-state index contributed by atoms with van der Waals surface area (Å²) < 4.78 is 40.7. The second-order valence-corrected chi connectivity index (χ2v) is 7.29. The van der Waals surface area contributed by atoms with E-state index in [1.807, 2.05) is 36.0 Å². The molecule has 0 aliphatic carbocycles. The normalized spacial score (nSPS) is 13.9. The minimum atomic E-state index is -3.70. The van der Waals surface area contributed by atoms with Crippen LogP contribution in [-0.2, 0) is 17.1 Å². The Morgan fingerprint density at radius 3 is 2.62 bits per heavy atom. The van der Waals surface area contributed by atoms with Gasteiger partial charge in [0.05, 0.1) is 4.90 Å². The van der Waals surface area contributed by atoms with Crippen molar-refractivity contribution >= 4 is 26.6 Å². The van der Waals surface area contributed by atoms with E-state index >= 15 is 0 Å². The Bertz CT molecular complexity index is 1020.